The molecule has 1 unspecified atom stereocenters. The summed E-state index contributed by atoms with van der Waals surface area (Å²) in [4.78, 5) is 40.4. The molecule has 2 atom stereocenters. The Balaban J connectivity index is 1.19. The third-order valence-electron chi connectivity index (χ3n) is 8.67. The number of hydrogen-bond donors (Lipinski definition) is 2. The Kier molecular flexibility index (Phi) is 6.55. The Morgan fingerprint density at radius 3 is 2.40 bits per heavy atom. The number of benzene rings is 1. The number of piperidine rings is 2. The lowest BCUT2D eigenvalue weighted by Crippen LogP contribution is -2.50. The largest absolute Gasteiger partial charge is 0.396 e. The van der Waals surface area contributed by atoms with Crippen LogP contribution in [-0.4, -0.2) is 60.5 Å². The van der Waals surface area contributed by atoms with E-state index in [2.05, 4.69) is 5.32 Å². The van der Waals surface area contributed by atoms with Crippen molar-refractivity contribution in [2.45, 2.75) is 57.3 Å². The molecule has 9 heteroatoms. The number of hydrogen-bond acceptors (Lipinski definition) is 5. The highest BCUT2D eigenvalue weighted by molar-refractivity contribution is 6.01. The number of anilines is 1. The fourth-order valence-electron chi connectivity index (χ4n) is 6.67. The van der Waals surface area contributed by atoms with Crippen LogP contribution in [0.15, 0.2) is 12.1 Å². The molecule has 4 aliphatic rings. The zero-order valence-electron chi connectivity index (χ0n) is 19.9. The molecule has 1 aromatic carbocycles. The normalized spacial score (nSPS) is 26.7. The smallest absolute Gasteiger partial charge is 0.234 e. The molecule has 0 radical (unpaired) electrons. The first-order valence-corrected chi connectivity index (χ1v) is 12.8. The molecule has 7 nitrogen and oxygen atoms in total. The van der Waals surface area contributed by atoms with Gasteiger partial charge in [0.2, 0.25) is 17.7 Å². The predicted molar refractivity (Wildman–Crippen MR) is 124 cm³/mol. The SMILES string of the molecule is O=C1CCC(c2c(F)cc(N3CC[C@H](C(=O)N4CCC5(CC4)CC(CCO)C5)C3)cc2F)C(=O)N1. The Hall–Kier alpha value is -2.55. The summed E-state index contributed by atoms with van der Waals surface area (Å²) in [7, 11) is 0. The third-order valence-corrected chi connectivity index (χ3v) is 8.67. The zero-order valence-corrected chi connectivity index (χ0v) is 19.9. The molecule has 3 aliphatic heterocycles. The van der Waals surface area contributed by atoms with Gasteiger partial charge in [0, 0.05) is 50.5 Å². The van der Waals surface area contributed by atoms with Gasteiger partial charge in [-0.2, -0.15) is 0 Å². The minimum Gasteiger partial charge on any atom is -0.396 e. The van der Waals surface area contributed by atoms with Gasteiger partial charge in [0.05, 0.1) is 11.8 Å². The van der Waals surface area contributed by atoms with Crippen LogP contribution >= 0.6 is 0 Å². The molecule has 3 saturated heterocycles. The maximum absolute atomic E-state index is 14.9. The molecule has 190 valence electrons. The number of aliphatic hydroxyl groups excluding tert-OH is 1. The first-order chi connectivity index (χ1) is 16.8. The molecule has 3 heterocycles. The lowest BCUT2D eigenvalue weighted by atomic mass is 9.57. The highest BCUT2D eigenvalue weighted by Crippen LogP contribution is 2.53. The van der Waals surface area contributed by atoms with E-state index in [1.807, 2.05) is 9.80 Å². The number of likely N-dealkylation sites (tertiary alicyclic amines) is 1. The first-order valence-electron chi connectivity index (χ1n) is 12.8. The van der Waals surface area contributed by atoms with E-state index >= 15 is 0 Å². The van der Waals surface area contributed by atoms with Crippen molar-refractivity contribution in [3.8, 4) is 0 Å². The van der Waals surface area contributed by atoms with Crippen LogP contribution < -0.4 is 10.2 Å². The topological polar surface area (TPSA) is 90.0 Å². The molecule has 0 aromatic heterocycles. The van der Waals surface area contributed by atoms with E-state index in [-0.39, 0.29) is 36.8 Å². The van der Waals surface area contributed by atoms with Gasteiger partial charge in [-0.15, -0.1) is 0 Å². The minimum atomic E-state index is -1.02. The Labute approximate surface area is 203 Å². The Morgan fingerprint density at radius 2 is 1.77 bits per heavy atom. The summed E-state index contributed by atoms with van der Waals surface area (Å²) >= 11 is 0. The molecular weight excluding hydrogens is 456 g/mol. The first kappa shape index (κ1) is 24.2. The second-order valence-electron chi connectivity index (χ2n) is 10.9. The number of rotatable bonds is 5. The summed E-state index contributed by atoms with van der Waals surface area (Å²) in [5, 5.41) is 11.3. The van der Waals surface area contributed by atoms with Gasteiger partial charge >= 0.3 is 0 Å². The summed E-state index contributed by atoms with van der Waals surface area (Å²) in [5.74, 6) is -3.19. The molecule has 2 N–H and O–H groups in total. The second kappa shape index (κ2) is 9.48. The molecule has 1 spiro atoms. The van der Waals surface area contributed by atoms with Crippen LogP contribution in [0.25, 0.3) is 0 Å². The quantitative estimate of drug-likeness (QED) is 0.621. The maximum Gasteiger partial charge on any atom is 0.234 e. The number of imide groups is 1. The van der Waals surface area contributed by atoms with E-state index in [9.17, 15) is 23.2 Å². The second-order valence-corrected chi connectivity index (χ2v) is 10.9. The molecule has 1 aromatic rings. The van der Waals surface area contributed by atoms with Gasteiger partial charge in [-0.1, -0.05) is 0 Å². The van der Waals surface area contributed by atoms with Crippen LogP contribution in [0.1, 0.15) is 62.8 Å². The molecule has 3 amide bonds. The van der Waals surface area contributed by atoms with E-state index in [1.54, 1.807) is 0 Å². The number of halogens is 2. The highest BCUT2D eigenvalue weighted by atomic mass is 19.1. The number of nitrogens with zero attached hydrogens (tertiary/aromatic N) is 2. The van der Waals surface area contributed by atoms with Gasteiger partial charge in [0.25, 0.3) is 0 Å². The van der Waals surface area contributed by atoms with Crippen molar-refractivity contribution in [3.05, 3.63) is 29.3 Å². The van der Waals surface area contributed by atoms with E-state index < -0.39 is 29.4 Å². The van der Waals surface area contributed by atoms with Gasteiger partial charge in [-0.05, 0) is 68.4 Å². The van der Waals surface area contributed by atoms with Crippen molar-refractivity contribution in [2.24, 2.45) is 17.3 Å². The van der Waals surface area contributed by atoms with E-state index in [4.69, 9.17) is 5.11 Å². The van der Waals surface area contributed by atoms with E-state index in [1.165, 1.54) is 12.1 Å². The molecule has 1 aliphatic carbocycles. The van der Waals surface area contributed by atoms with Crippen molar-refractivity contribution >= 4 is 23.4 Å². The molecule has 0 bridgehead atoms. The minimum absolute atomic E-state index is 0.0494. The van der Waals surface area contributed by atoms with E-state index in [0.29, 0.717) is 36.5 Å². The van der Waals surface area contributed by atoms with Crippen LogP contribution in [-0.2, 0) is 14.4 Å². The Bertz CT molecular complexity index is 993. The number of carbonyl (C=O) groups is 3. The van der Waals surface area contributed by atoms with Gasteiger partial charge < -0.3 is 14.9 Å². The van der Waals surface area contributed by atoms with Crippen molar-refractivity contribution in [1.29, 1.82) is 0 Å². The van der Waals surface area contributed by atoms with Crippen molar-refractivity contribution in [1.82, 2.24) is 10.2 Å². The summed E-state index contributed by atoms with van der Waals surface area (Å²) in [5.41, 5.74) is 0.413. The molecule has 1 saturated carbocycles. The molecule has 4 fully saturated rings. The van der Waals surface area contributed by atoms with Crippen molar-refractivity contribution in [2.75, 3.05) is 37.7 Å². The van der Waals surface area contributed by atoms with Crippen molar-refractivity contribution in [3.63, 3.8) is 0 Å². The fraction of sp³-hybridized carbons (Fsp3) is 0.654. The summed E-state index contributed by atoms with van der Waals surface area (Å²) < 4.78 is 29.9. The highest BCUT2D eigenvalue weighted by Gasteiger charge is 2.46. The van der Waals surface area contributed by atoms with Gasteiger partial charge in [0.1, 0.15) is 11.6 Å². The van der Waals surface area contributed by atoms with Crippen LogP contribution in [0.3, 0.4) is 0 Å². The molecule has 35 heavy (non-hydrogen) atoms. The summed E-state index contributed by atoms with van der Waals surface area (Å²) in [6.07, 6.45) is 5.96. The van der Waals surface area contributed by atoms with Crippen LogP contribution in [0, 0.1) is 28.9 Å². The zero-order chi connectivity index (χ0) is 24.7. The monoisotopic (exact) mass is 489 g/mol. The number of carbonyl (C=O) groups excluding carboxylic acids is 3. The molecular formula is C26H33F2N3O4. The molecule has 5 rings (SSSR count). The van der Waals surface area contributed by atoms with Crippen LogP contribution in [0.4, 0.5) is 14.5 Å². The fourth-order valence-corrected chi connectivity index (χ4v) is 6.67. The number of amides is 3. The lowest BCUT2D eigenvalue weighted by molar-refractivity contribution is -0.139. The van der Waals surface area contributed by atoms with Crippen molar-refractivity contribution < 1.29 is 28.3 Å². The number of nitrogens with one attached hydrogen (secondary N) is 1. The standard InChI is InChI=1S/C26H33F2N3O4/c27-20-11-18(12-21(28)23(20)19-1-2-22(33)29-24(19)34)31-7-3-17(15-31)25(35)30-8-5-26(6-9-30)13-16(14-26)4-10-32/h11-12,16-17,19,32H,1-10,13-15H2,(H,29,33,34)/t17-,19?/m0/s1. The third kappa shape index (κ3) is 4.67. The van der Waals surface area contributed by atoms with Gasteiger partial charge in [-0.25, -0.2) is 8.78 Å². The van der Waals surface area contributed by atoms with Crippen LogP contribution in [0.5, 0.6) is 0 Å². The Morgan fingerprint density at radius 1 is 1.09 bits per heavy atom. The van der Waals surface area contributed by atoms with Gasteiger partial charge in [0.15, 0.2) is 0 Å². The average molecular weight is 490 g/mol. The number of aliphatic hydroxyl groups is 1. The maximum atomic E-state index is 14.9. The van der Waals surface area contributed by atoms with E-state index in [0.717, 1.165) is 45.2 Å². The summed E-state index contributed by atoms with van der Waals surface area (Å²) in [6, 6.07) is 2.47. The van der Waals surface area contributed by atoms with Crippen LogP contribution in [0.2, 0.25) is 0 Å². The average Bonchev–Trinajstić information content (AvgIpc) is 3.29. The van der Waals surface area contributed by atoms with Gasteiger partial charge in [-0.3, -0.25) is 19.7 Å². The predicted octanol–water partition coefficient (Wildman–Crippen LogP) is 2.71. The summed E-state index contributed by atoms with van der Waals surface area (Å²) in [6.45, 7) is 2.70. The lowest BCUT2D eigenvalue weighted by Gasteiger charge is -2.52.